The predicted molar refractivity (Wildman–Crippen MR) is 74.8 cm³/mol. The summed E-state index contributed by atoms with van der Waals surface area (Å²) in [5, 5.41) is 2.97. The van der Waals surface area contributed by atoms with Gasteiger partial charge < -0.3 is 9.73 Å². The highest BCUT2D eigenvalue weighted by atomic mass is 32.2. The number of para-hydroxylation sites is 2. The first-order valence-corrected chi connectivity index (χ1v) is 8.08. The molecule has 1 fully saturated rings. The van der Waals surface area contributed by atoms with Crippen LogP contribution in [0.15, 0.2) is 33.9 Å². The molecule has 0 amide bonds. The average Bonchev–Trinajstić information content (AvgIpc) is 2.92. The van der Waals surface area contributed by atoms with Gasteiger partial charge in [-0.1, -0.05) is 12.1 Å². The van der Waals surface area contributed by atoms with Crippen LogP contribution in [0.25, 0.3) is 11.1 Å². The van der Waals surface area contributed by atoms with Gasteiger partial charge >= 0.3 is 5.22 Å². The van der Waals surface area contributed by atoms with Crippen LogP contribution in [0.3, 0.4) is 0 Å². The van der Waals surface area contributed by atoms with Crippen molar-refractivity contribution in [3.63, 3.8) is 0 Å². The summed E-state index contributed by atoms with van der Waals surface area (Å²) in [5.41, 5.74) is 1.06. The van der Waals surface area contributed by atoms with E-state index in [0.29, 0.717) is 30.2 Å². The Morgan fingerprint density at radius 3 is 2.65 bits per heavy atom. The van der Waals surface area contributed by atoms with Gasteiger partial charge in [0.25, 0.3) is 10.0 Å². The van der Waals surface area contributed by atoms with E-state index < -0.39 is 10.0 Å². The summed E-state index contributed by atoms with van der Waals surface area (Å²) in [6, 6.07) is 7.44. The molecule has 1 aromatic carbocycles. The molecule has 3 rings (SSSR count). The second kappa shape index (κ2) is 5.16. The molecule has 7 heteroatoms. The molecular formula is C13H17N3O3S. The van der Waals surface area contributed by atoms with Crippen LogP contribution >= 0.6 is 0 Å². The lowest BCUT2D eigenvalue weighted by atomic mass is 10.1. The van der Waals surface area contributed by atoms with Crippen molar-refractivity contribution in [2.75, 3.05) is 20.1 Å². The molecule has 2 aromatic rings. The fraction of sp³-hybridized carbons (Fsp3) is 0.462. The molecule has 1 aliphatic rings. The smallest absolute Gasteiger partial charge is 0.332 e. The number of aromatic nitrogens is 1. The zero-order valence-electron chi connectivity index (χ0n) is 11.2. The number of piperidine rings is 1. The molecule has 0 spiro atoms. The minimum Gasteiger partial charge on any atom is -0.427 e. The topological polar surface area (TPSA) is 75.4 Å². The van der Waals surface area contributed by atoms with Crippen LogP contribution in [0.1, 0.15) is 12.8 Å². The number of hydrogen-bond donors (Lipinski definition) is 1. The average molecular weight is 295 g/mol. The van der Waals surface area contributed by atoms with E-state index in [9.17, 15) is 8.42 Å². The van der Waals surface area contributed by atoms with E-state index in [0.717, 1.165) is 12.8 Å². The Balaban J connectivity index is 1.88. The summed E-state index contributed by atoms with van der Waals surface area (Å²) in [6.07, 6.45) is 1.60. The highest BCUT2D eigenvalue weighted by molar-refractivity contribution is 7.88. The van der Waals surface area contributed by atoms with E-state index in [2.05, 4.69) is 10.3 Å². The number of rotatable bonds is 3. The van der Waals surface area contributed by atoms with Gasteiger partial charge in [-0.05, 0) is 32.0 Å². The summed E-state index contributed by atoms with van der Waals surface area (Å²) in [4.78, 5) is 4.09. The van der Waals surface area contributed by atoms with Crippen molar-refractivity contribution in [3.8, 4) is 0 Å². The van der Waals surface area contributed by atoms with Crippen molar-refractivity contribution >= 4 is 21.1 Å². The van der Waals surface area contributed by atoms with Crippen molar-refractivity contribution < 1.29 is 12.8 Å². The van der Waals surface area contributed by atoms with Gasteiger partial charge in [0, 0.05) is 19.1 Å². The Labute approximate surface area is 117 Å². The molecule has 6 nitrogen and oxygen atoms in total. The third-order valence-corrected chi connectivity index (χ3v) is 5.36. The minimum atomic E-state index is -3.63. The van der Waals surface area contributed by atoms with Gasteiger partial charge in [-0.2, -0.15) is 9.29 Å². The molecule has 1 N–H and O–H groups in total. The Bertz CT molecular complexity index is 669. The summed E-state index contributed by atoms with van der Waals surface area (Å²) in [7, 11) is -1.73. The maximum Gasteiger partial charge on any atom is 0.332 e. The van der Waals surface area contributed by atoms with E-state index in [4.69, 9.17) is 4.42 Å². The summed E-state index contributed by atoms with van der Waals surface area (Å²) >= 11 is 0. The lowest BCUT2D eigenvalue weighted by Gasteiger charge is -2.29. The first-order valence-electron chi connectivity index (χ1n) is 6.64. The molecule has 2 heterocycles. The van der Waals surface area contributed by atoms with Gasteiger partial charge in [0.15, 0.2) is 5.58 Å². The first-order chi connectivity index (χ1) is 9.61. The number of fused-ring (bicyclic) bond motifs is 1. The summed E-state index contributed by atoms with van der Waals surface area (Å²) < 4.78 is 31.8. The van der Waals surface area contributed by atoms with E-state index >= 15 is 0 Å². The number of nitrogens with zero attached hydrogens (tertiary/aromatic N) is 2. The highest BCUT2D eigenvalue weighted by Gasteiger charge is 2.32. The van der Waals surface area contributed by atoms with Crippen molar-refractivity contribution in [3.05, 3.63) is 24.3 Å². The monoisotopic (exact) mass is 295 g/mol. The molecule has 1 saturated heterocycles. The highest BCUT2D eigenvalue weighted by Crippen LogP contribution is 2.23. The molecule has 0 bridgehead atoms. The van der Waals surface area contributed by atoms with Crippen LogP contribution in [0.4, 0.5) is 0 Å². The predicted octanol–water partition coefficient (Wildman–Crippen LogP) is 1.20. The van der Waals surface area contributed by atoms with Gasteiger partial charge in [-0.25, -0.2) is 8.42 Å². The van der Waals surface area contributed by atoms with E-state index in [-0.39, 0.29) is 5.22 Å². The van der Waals surface area contributed by atoms with Crippen LogP contribution in [-0.4, -0.2) is 43.9 Å². The summed E-state index contributed by atoms with van der Waals surface area (Å²) in [5.74, 6) is 0. The van der Waals surface area contributed by atoms with Gasteiger partial charge in [-0.15, -0.1) is 0 Å². The zero-order valence-corrected chi connectivity index (χ0v) is 12.1. The third kappa shape index (κ3) is 2.32. The molecule has 0 radical (unpaired) electrons. The number of hydrogen-bond acceptors (Lipinski definition) is 5. The van der Waals surface area contributed by atoms with Crippen LogP contribution in [0.2, 0.25) is 0 Å². The molecule has 0 aliphatic carbocycles. The third-order valence-electron chi connectivity index (χ3n) is 3.70. The SMILES string of the molecule is CNC1CCN(S(=O)(=O)c2nc3ccccc3o2)CC1. The Hall–Kier alpha value is -1.44. The number of sulfonamides is 1. The molecule has 1 aromatic heterocycles. The lowest BCUT2D eigenvalue weighted by molar-refractivity contribution is 0.290. The first kappa shape index (κ1) is 13.5. The molecule has 0 atom stereocenters. The molecule has 20 heavy (non-hydrogen) atoms. The fourth-order valence-electron chi connectivity index (χ4n) is 2.46. The van der Waals surface area contributed by atoms with Crippen molar-refractivity contribution in [1.29, 1.82) is 0 Å². The Kier molecular flexibility index (Phi) is 3.49. The van der Waals surface area contributed by atoms with Gasteiger partial charge in [0.2, 0.25) is 0 Å². The Morgan fingerprint density at radius 1 is 1.30 bits per heavy atom. The van der Waals surface area contributed by atoms with Crippen LogP contribution in [-0.2, 0) is 10.0 Å². The van der Waals surface area contributed by atoms with E-state index in [1.165, 1.54) is 4.31 Å². The van der Waals surface area contributed by atoms with Crippen LogP contribution < -0.4 is 5.32 Å². The van der Waals surface area contributed by atoms with Crippen molar-refractivity contribution in [2.45, 2.75) is 24.1 Å². The maximum absolute atomic E-state index is 12.5. The van der Waals surface area contributed by atoms with Crippen molar-refractivity contribution in [2.24, 2.45) is 0 Å². The van der Waals surface area contributed by atoms with Crippen LogP contribution in [0.5, 0.6) is 0 Å². The molecule has 0 unspecified atom stereocenters. The zero-order chi connectivity index (χ0) is 14.2. The number of oxazole rings is 1. The van der Waals surface area contributed by atoms with E-state index in [1.807, 2.05) is 7.05 Å². The summed E-state index contributed by atoms with van der Waals surface area (Å²) in [6.45, 7) is 0.985. The van der Waals surface area contributed by atoms with Crippen LogP contribution in [0, 0.1) is 0 Å². The quantitative estimate of drug-likeness (QED) is 0.921. The lowest BCUT2D eigenvalue weighted by Crippen LogP contribution is -2.43. The van der Waals surface area contributed by atoms with Gasteiger partial charge in [0.1, 0.15) is 5.52 Å². The Morgan fingerprint density at radius 2 is 2.00 bits per heavy atom. The molecule has 0 saturated carbocycles. The minimum absolute atomic E-state index is 0.207. The van der Waals surface area contributed by atoms with Crippen molar-refractivity contribution in [1.82, 2.24) is 14.6 Å². The fourth-order valence-corrected chi connectivity index (χ4v) is 3.78. The molecule has 108 valence electrons. The largest absolute Gasteiger partial charge is 0.427 e. The standard InChI is InChI=1S/C13H17N3O3S/c1-14-10-6-8-16(9-7-10)20(17,18)13-15-11-4-2-3-5-12(11)19-13/h2-5,10,14H,6-9H2,1H3. The maximum atomic E-state index is 12.5. The normalized spacial score (nSPS) is 18.6. The van der Waals surface area contributed by atoms with Gasteiger partial charge in [0.05, 0.1) is 0 Å². The molecular weight excluding hydrogens is 278 g/mol. The number of benzene rings is 1. The second-order valence-corrected chi connectivity index (χ2v) is 6.73. The second-order valence-electron chi connectivity index (χ2n) is 4.91. The molecule has 1 aliphatic heterocycles. The van der Waals surface area contributed by atoms with Gasteiger partial charge in [-0.3, -0.25) is 0 Å². The number of nitrogens with one attached hydrogen (secondary N) is 1. The van der Waals surface area contributed by atoms with E-state index in [1.54, 1.807) is 24.3 Å².